The van der Waals surface area contributed by atoms with Crippen molar-refractivity contribution in [3.05, 3.63) is 72.9 Å². The molecule has 0 atom stereocenters. The molecule has 118 valence electrons. The summed E-state index contributed by atoms with van der Waals surface area (Å²) in [6, 6.07) is 4.02. The van der Waals surface area contributed by atoms with Crippen LogP contribution in [-0.4, -0.2) is 0 Å². The molecule has 0 aromatic heterocycles. The first-order chi connectivity index (χ1) is 10.6. The fourth-order valence-corrected chi connectivity index (χ4v) is 3.90. The van der Waals surface area contributed by atoms with Crippen molar-refractivity contribution in [2.75, 3.05) is 0 Å². The zero-order valence-corrected chi connectivity index (χ0v) is 17.4. The van der Waals surface area contributed by atoms with Crippen LogP contribution in [0.3, 0.4) is 0 Å². The van der Waals surface area contributed by atoms with Crippen molar-refractivity contribution in [2.24, 2.45) is 5.41 Å². The molecule has 0 saturated carbocycles. The number of halogens is 2. The van der Waals surface area contributed by atoms with Gasteiger partial charge in [-0.15, -0.1) is 5.73 Å². The molecular weight excluding hydrogens is 412 g/mol. The van der Waals surface area contributed by atoms with Gasteiger partial charge in [0.25, 0.3) is 0 Å². The van der Waals surface area contributed by atoms with Crippen LogP contribution < -0.4 is 10.4 Å². The maximum atomic E-state index is 3.70. The predicted octanol–water partition coefficient (Wildman–Crippen LogP) is 5.61. The van der Waals surface area contributed by atoms with Crippen LogP contribution in [0.5, 0.6) is 0 Å². The van der Waals surface area contributed by atoms with Gasteiger partial charge in [0.15, 0.2) is 5.57 Å². The fraction of sp³-hybridized carbons (Fsp3) is 0.286. The Morgan fingerprint density at radius 3 is 2.13 bits per heavy atom. The highest BCUT2D eigenvalue weighted by Gasteiger charge is 2.29. The van der Waals surface area contributed by atoms with E-state index in [1.807, 2.05) is 12.1 Å². The number of allylic oxidation sites excluding steroid dienone is 5. The average molecular weight is 433 g/mol. The van der Waals surface area contributed by atoms with Gasteiger partial charge in [0, 0.05) is 43.0 Å². The summed E-state index contributed by atoms with van der Waals surface area (Å²) in [6.45, 7) is 14.7. The molecule has 23 heavy (non-hydrogen) atoms. The first-order valence-corrected chi connectivity index (χ1v) is 9.13. The normalized spacial score (nSPS) is 14.9. The lowest BCUT2D eigenvalue weighted by molar-refractivity contribution is 0.514. The van der Waals surface area contributed by atoms with Crippen LogP contribution in [0.2, 0.25) is 0 Å². The molecule has 2 rings (SSSR count). The molecule has 0 amide bonds. The molecule has 2 heteroatoms. The summed E-state index contributed by atoms with van der Waals surface area (Å²) >= 11 is 7.26. The van der Waals surface area contributed by atoms with E-state index in [2.05, 4.69) is 96.7 Å². The van der Waals surface area contributed by atoms with Crippen molar-refractivity contribution in [3.63, 3.8) is 0 Å². The summed E-state index contributed by atoms with van der Waals surface area (Å²) in [6.07, 6.45) is 4.53. The van der Waals surface area contributed by atoms with Gasteiger partial charge in [0.2, 0.25) is 0 Å². The highest BCUT2D eigenvalue weighted by atomic mass is 79.9. The summed E-state index contributed by atoms with van der Waals surface area (Å²) in [5.74, 6) is 1.24. The third kappa shape index (κ3) is 4.03. The maximum absolute atomic E-state index is 3.70. The van der Waals surface area contributed by atoms with E-state index in [-0.39, 0.29) is 5.41 Å². The summed E-state index contributed by atoms with van der Waals surface area (Å²) in [4.78, 5) is 0. The summed E-state index contributed by atoms with van der Waals surface area (Å²) in [5.41, 5.74) is 10.4. The summed E-state index contributed by atoms with van der Waals surface area (Å²) in [5, 5.41) is 1.96. The quantitative estimate of drug-likeness (QED) is 0.467. The van der Waals surface area contributed by atoms with E-state index >= 15 is 0 Å². The Labute approximate surface area is 155 Å². The predicted molar refractivity (Wildman–Crippen MR) is 107 cm³/mol. The average Bonchev–Trinajstić information content (AvgIpc) is 2.43. The number of hydrogen-bond donors (Lipinski definition) is 0. The molecule has 0 nitrogen and oxygen atoms in total. The highest BCUT2D eigenvalue weighted by Crippen LogP contribution is 2.36. The molecule has 0 N–H and O–H groups in total. The SMILES string of the molecule is C=C=c1cc(Br)c(=C=C2C(C)=CC(C(C)(C)C)=C[C+]2C)c(Br)c1. The molecule has 0 radical (unpaired) electrons. The zero-order valence-electron chi connectivity index (χ0n) is 14.3. The van der Waals surface area contributed by atoms with E-state index in [4.69, 9.17) is 0 Å². The largest absolute Gasteiger partial charge is 0.153 e. The van der Waals surface area contributed by atoms with Gasteiger partial charge in [-0.05, 0) is 78.6 Å². The van der Waals surface area contributed by atoms with Crippen LogP contribution in [-0.2, 0) is 0 Å². The molecule has 0 unspecified atom stereocenters. The topological polar surface area (TPSA) is 0 Å². The third-order valence-corrected chi connectivity index (χ3v) is 5.15. The van der Waals surface area contributed by atoms with E-state index in [1.54, 1.807) is 0 Å². The van der Waals surface area contributed by atoms with Gasteiger partial charge < -0.3 is 0 Å². The Balaban J connectivity index is 2.74. The second kappa shape index (κ2) is 6.75. The fourth-order valence-electron chi connectivity index (χ4n) is 2.51. The lowest BCUT2D eigenvalue weighted by Gasteiger charge is -2.21. The maximum Gasteiger partial charge on any atom is 0.153 e. The molecular formula is C21H21Br2+. The number of rotatable bonds is 0. The van der Waals surface area contributed by atoms with Crippen molar-refractivity contribution in [3.8, 4) is 0 Å². The first-order valence-electron chi connectivity index (χ1n) is 7.54. The molecule has 1 aliphatic carbocycles. The van der Waals surface area contributed by atoms with Crippen LogP contribution >= 0.6 is 31.9 Å². The van der Waals surface area contributed by atoms with Crippen molar-refractivity contribution >= 4 is 43.3 Å². The van der Waals surface area contributed by atoms with E-state index in [1.165, 1.54) is 17.1 Å². The van der Waals surface area contributed by atoms with E-state index in [0.29, 0.717) is 0 Å². The van der Waals surface area contributed by atoms with Crippen LogP contribution in [0, 0.1) is 11.3 Å². The van der Waals surface area contributed by atoms with Crippen LogP contribution in [0.15, 0.2) is 56.5 Å². The Morgan fingerprint density at radius 2 is 1.70 bits per heavy atom. The van der Waals surface area contributed by atoms with E-state index in [9.17, 15) is 0 Å². The van der Waals surface area contributed by atoms with Crippen LogP contribution in [0.25, 0.3) is 11.5 Å². The van der Waals surface area contributed by atoms with Crippen molar-refractivity contribution < 1.29 is 0 Å². The molecule has 0 bridgehead atoms. The molecule has 1 aromatic rings. The minimum absolute atomic E-state index is 0.149. The smallest absolute Gasteiger partial charge is 0.121 e. The number of hydrogen-bond acceptors (Lipinski definition) is 0. The Morgan fingerprint density at radius 1 is 1.13 bits per heavy atom. The zero-order chi connectivity index (χ0) is 17.4. The standard InChI is InChI=1S/C21H21Br2/c1-7-15-10-19(22)18(20(23)11-15)12-17-13(2)8-16(9-14(17)3)21(4,5)6/h8-11H,1H2,2-6H3/q+1. The van der Waals surface area contributed by atoms with Crippen molar-refractivity contribution in [1.29, 1.82) is 0 Å². The van der Waals surface area contributed by atoms with Gasteiger partial charge in [-0.1, -0.05) is 6.58 Å². The second-order valence-electron chi connectivity index (χ2n) is 6.85. The minimum atomic E-state index is 0.149. The lowest BCUT2D eigenvalue weighted by Crippen LogP contribution is -2.15. The van der Waals surface area contributed by atoms with Crippen molar-refractivity contribution in [2.45, 2.75) is 34.6 Å². The summed E-state index contributed by atoms with van der Waals surface area (Å²) in [7, 11) is 0. The Hall–Kier alpha value is -1.17. The van der Waals surface area contributed by atoms with E-state index < -0.39 is 0 Å². The van der Waals surface area contributed by atoms with Crippen LogP contribution in [0.4, 0.5) is 0 Å². The lowest BCUT2D eigenvalue weighted by atomic mass is 9.77. The minimum Gasteiger partial charge on any atom is -0.121 e. The van der Waals surface area contributed by atoms with Gasteiger partial charge in [-0.3, -0.25) is 0 Å². The molecule has 0 spiro atoms. The second-order valence-corrected chi connectivity index (χ2v) is 8.56. The van der Waals surface area contributed by atoms with Gasteiger partial charge in [0.1, 0.15) is 0 Å². The van der Waals surface area contributed by atoms with Gasteiger partial charge >= 0.3 is 0 Å². The monoisotopic (exact) mass is 431 g/mol. The molecule has 0 heterocycles. The molecule has 1 aliphatic rings. The highest BCUT2D eigenvalue weighted by molar-refractivity contribution is 9.11. The third-order valence-electron chi connectivity index (χ3n) is 3.89. The van der Waals surface area contributed by atoms with E-state index in [0.717, 1.165) is 25.0 Å². The molecule has 0 saturated heterocycles. The Bertz CT molecular complexity index is 850. The van der Waals surface area contributed by atoms with Gasteiger partial charge in [-0.2, -0.15) is 0 Å². The van der Waals surface area contributed by atoms with Crippen molar-refractivity contribution in [1.82, 2.24) is 0 Å². The molecule has 1 aromatic carbocycles. The van der Waals surface area contributed by atoms with Gasteiger partial charge in [0.05, 0.1) is 16.7 Å². The van der Waals surface area contributed by atoms with Gasteiger partial charge in [-0.25, -0.2) is 0 Å². The summed E-state index contributed by atoms with van der Waals surface area (Å²) < 4.78 is 1.97. The molecule has 0 fully saturated rings. The Kier molecular flexibility index (Phi) is 5.33. The first kappa shape index (κ1) is 18.2. The van der Waals surface area contributed by atoms with Crippen LogP contribution in [0.1, 0.15) is 34.6 Å². The molecule has 0 aliphatic heterocycles. The number of benzene rings is 1.